The molecule has 4 heteroatoms. The molecular formula is C17H21FN2O. The Hall–Kier alpha value is -1.94. The van der Waals surface area contributed by atoms with E-state index in [-0.39, 0.29) is 5.82 Å². The summed E-state index contributed by atoms with van der Waals surface area (Å²) in [4.78, 5) is 4.45. The summed E-state index contributed by atoms with van der Waals surface area (Å²) in [5.41, 5.74) is 2.97. The number of pyridine rings is 1. The Balaban J connectivity index is 2.27. The van der Waals surface area contributed by atoms with Crippen molar-refractivity contribution in [3.05, 3.63) is 53.0 Å². The summed E-state index contributed by atoms with van der Waals surface area (Å²) < 4.78 is 19.1. The van der Waals surface area contributed by atoms with Crippen molar-refractivity contribution >= 4 is 0 Å². The van der Waals surface area contributed by atoms with Crippen molar-refractivity contribution in [2.24, 2.45) is 0 Å². The number of halogens is 1. The number of hydrogen-bond donors (Lipinski definition) is 1. The predicted molar refractivity (Wildman–Crippen MR) is 82.2 cm³/mol. The molecule has 0 atom stereocenters. The van der Waals surface area contributed by atoms with Crippen LogP contribution in [-0.2, 0) is 13.0 Å². The van der Waals surface area contributed by atoms with E-state index in [4.69, 9.17) is 4.74 Å². The largest absolute Gasteiger partial charge is 0.439 e. The number of hydrogen-bond acceptors (Lipinski definition) is 3. The van der Waals surface area contributed by atoms with Gasteiger partial charge in [0, 0.05) is 24.4 Å². The molecule has 1 aromatic carbocycles. The maximum atomic E-state index is 13.3. The number of ether oxygens (including phenoxy) is 1. The van der Waals surface area contributed by atoms with E-state index in [0.717, 1.165) is 36.3 Å². The van der Waals surface area contributed by atoms with Crippen LogP contribution in [0, 0.1) is 12.7 Å². The molecule has 0 saturated heterocycles. The smallest absolute Gasteiger partial charge is 0.219 e. The van der Waals surface area contributed by atoms with Crippen molar-refractivity contribution in [1.29, 1.82) is 0 Å². The second kappa shape index (κ2) is 7.18. The van der Waals surface area contributed by atoms with Crippen LogP contribution in [0.3, 0.4) is 0 Å². The minimum atomic E-state index is -0.310. The lowest BCUT2D eigenvalue weighted by molar-refractivity contribution is 0.451. The summed E-state index contributed by atoms with van der Waals surface area (Å²) in [5, 5.41) is 3.28. The predicted octanol–water partition coefficient (Wildman–Crippen LogP) is 3.99. The van der Waals surface area contributed by atoms with Crippen molar-refractivity contribution in [2.75, 3.05) is 6.54 Å². The molecule has 0 unspecified atom stereocenters. The molecule has 2 rings (SSSR count). The quantitative estimate of drug-likeness (QED) is 0.872. The highest BCUT2D eigenvalue weighted by molar-refractivity contribution is 5.36. The Bertz CT molecular complexity index is 614. The summed E-state index contributed by atoms with van der Waals surface area (Å²) in [6.07, 6.45) is 0.832. The summed E-state index contributed by atoms with van der Waals surface area (Å²) in [6.45, 7) is 7.68. The fourth-order valence-electron chi connectivity index (χ4n) is 2.02. The van der Waals surface area contributed by atoms with Crippen LogP contribution in [0.25, 0.3) is 0 Å². The van der Waals surface area contributed by atoms with Crippen LogP contribution in [0.1, 0.15) is 30.7 Å². The minimum absolute atomic E-state index is 0.310. The van der Waals surface area contributed by atoms with Crippen molar-refractivity contribution in [1.82, 2.24) is 10.3 Å². The standard InChI is InChI=1S/C17H21FN2O/c1-4-15-8-13(11-19-5-2)9-17(20-15)21-16-10-14(18)7-6-12(16)3/h6-10,19H,4-5,11H2,1-3H3. The number of aromatic nitrogens is 1. The number of benzene rings is 1. The zero-order chi connectivity index (χ0) is 15.2. The van der Waals surface area contributed by atoms with Gasteiger partial charge in [0.25, 0.3) is 0 Å². The van der Waals surface area contributed by atoms with E-state index in [1.807, 2.05) is 13.0 Å². The molecule has 1 heterocycles. The SMILES string of the molecule is CCNCc1cc(CC)nc(Oc2cc(F)ccc2C)c1. The van der Waals surface area contributed by atoms with Crippen molar-refractivity contribution in [2.45, 2.75) is 33.7 Å². The van der Waals surface area contributed by atoms with E-state index < -0.39 is 0 Å². The molecule has 1 aromatic heterocycles. The average Bonchev–Trinajstić information content (AvgIpc) is 2.48. The zero-order valence-electron chi connectivity index (χ0n) is 12.7. The molecule has 0 bridgehead atoms. The lowest BCUT2D eigenvalue weighted by Crippen LogP contribution is -2.12. The molecule has 2 aromatic rings. The third-order valence-corrected chi connectivity index (χ3v) is 3.22. The summed E-state index contributed by atoms with van der Waals surface area (Å²) in [7, 11) is 0. The average molecular weight is 288 g/mol. The van der Waals surface area contributed by atoms with Gasteiger partial charge in [-0.15, -0.1) is 0 Å². The van der Waals surface area contributed by atoms with E-state index >= 15 is 0 Å². The topological polar surface area (TPSA) is 34.2 Å². The molecule has 21 heavy (non-hydrogen) atoms. The summed E-state index contributed by atoms with van der Waals surface area (Å²) in [6, 6.07) is 8.47. The van der Waals surface area contributed by atoms with Gasteiger partial charge in [-0.2, -0.15) is 0 Å². The van der Waals surface area contributed by atoms with Gasteiger partial charge < -0.3 is 10.1 Å². The molecule has 0 amide bonds. The minimum Gasteiger partial charge on any atom is -0.439 e. The Morgan fingerprint density at radius 1 is 1.19 bits per heavy atom. The Morgan fingerprint density at radius 3 is 2.71 bits per heavy atom. The molecule has 0 aliphatic heterocycles. The van der Waals surface area contributed by atoms with Crippen molar-refractivity contribution < 1.29 is 9.13 Å². The fraction of sp³-hybridized carbons (Fsp3) is 0.353. The van der Waals surface area contributed by atoms with E-state index in [2.05, 4.69) is 30.2 Å². The number of rotatable bonds is 6. The fourth-order valence-corrected chi connectivity index (χ4v) is 2.02. The normalized spacial score (nSPS) is 10.7. The van der Waals surface area contributed by atoms with Crippen LogP contribution >= 0.6 is 0 Å². The zero-order valence-corrected chi connectivity index (χ0v) is 12.7. The molecule has 0 spiro atoms. The second-order valence-corrected chi connectivity index (χ2v) is 4.95. The molecule has 3 nitrogen and oxygen atoms in total. The first-order valence-corrected chi connectivity index (χ1v) is 7.27. The molecule has 0 saturated carbocycles. The molecule has 0 fully saturated rings. The van der Waals surface area contributed by atoms with Crippen molar-refractivity contribution in [3.63, 3.8) is 0 Å². The Kier molecular flexibility index (Phi) is 5.28. The van der Waals surface area contributed by atoms with Gasteiger partial charge in [0.05, 0.1) is 0 Å². The maximum absolute atomic E-state index is 13.3. The van der Waals surface area contributed by atoms with Gasteiger partial charge in [0.15, 0.2) is 0 Å². The molecule has 0 aliphatic carbocycles. The van der Waals surface area contributed by atoms with Gasteiger partial charge in [-0.05, 0) is 43.1 Å². The first-order valence-electron chi connectivity index (χ1n) is 7.27. The maximum Gasteiger partial charge on any atom is 0.219 e. The third-order valence-electron chi connectivity index (χ3n) is 3.22. The Labute approximate surface area is 125 Å². The summed E-state index contributed by atoms with van der Waals surface area (Å²) in [5.74, 6) is 0.705. The lowest BCUT2D eigenvalue weighted by Gasteiger charge is -2.11. The molecule has 1 N–H and O–H groups in total. The highest BCUT2D eigenvalue weighted by Gasteiger charge is 2.07. The molecule has 0 radical (unpaired) electrons. The number of nitrogens with one attached hydrogen (secondary N) is 1. The van der Waals surface area contributed by atoms with Crippen LogP contribution in [0.2, 0.25) is 0 Å². The van der Waals surface area contributed by atoms with Crippen LogP contribution in [0.15, 0.2) is 30.3 Å². The molecular weight excluding hydrogens is 267 g/mol. The lowest BCUT2D eigenvalue weighted by atomic mass is 10.2. The first-order chi connectivity index (χ1) is 10.1. The first kappa shape index (κ1) is 15.4. The third kappa shape index (κ3) is 4.26. The van der Waals surface area contributed by atoms with Crippen molar-refractivity contribution in [3.8, 4) is 11.6 Å². The number of aryl methyl sites for hydroxylation is 2. The van der Waals surface area contributed by atoms with E-state index in [1.165, 1.54) is 12.1 Å². The Morgan fingerprint density at radius 2 is 2.00 bits per heavy atom. The highest BCUT2D eigenvalue weighted by atomic mass is 19.1. The summed E-state index contributed by atoms with van der Waals surface area (Å²) >= 11 is 0. The molecule has 112 valence electrons. The van der Waals surface area contributed by atoms with Crippen LogP contribution in [0.4, 0.5) is 4.39 Å². The second-order valence-electron chi connectivity index (χ2n) is 4.95. The van der Waals surface area contributed by atoms with Gasteiger partial charge in [-0.3, -0.25) is 0 Å². The van der Waals surface area contributed by atoms with E-state index in [9.17, 15) is 4.39 Å². The van der Waals surface area contributed by atoms with Gasteiger partial charge >= 0.3 is 0 Å². The van der Waals surface area contributed by atoms with E-state index in [0.29, 0.717) is 11.6 Å². The molecule has 0 aliphatic rings. The van der Waals surface area contributed by atoms with Crippen LogP contribution in [-0.4, -0.2) is 11.5 Å². The highest BCUT2D eigenvalue weighted by Crippen LogP contribution is 2.25. The van der Waals surface area contributed by atoms with Crippen LogP contribution in [0.5, 0.6) is 11.6 Å². The monoisotopic (exact) mass is 288 g/mol. The van der Waals surface area contributed by atoms with Gasteiger partial charge in [-0.25, -0.2) is 9.37 Å². The van der Waals surface area contributed by atoms with E-state index in [1.54, 1.807) is 6.07 Å². The number of nitrogens with zero attached hydrogens (tertiary/aromatic N) is 1. The van der Waals surface area contributed by atoms with Gasteiger partial charge in [0.2, 0.25) is 5.88 Å². The van der Waals surface area contributed by atoms with Crippen LogP contribution < -0.4 is 10.1 Å². The van der Waals surface area contributed by atoms with Gasteiger partial charge in [-0.1, -0.05) is 19.9 Å². The van der Waals surface area contributed by atoms with Gasteiger partial charge in [0.1, 0.15) is 11.6 Å².